The van der Waals surface area contributed by atoms with Gasteiger partial charge in [-0.15, -0.1) is 0 Å². The molecular formula is C58H42N4. The van der Waals surface area contributed by atoms with Gasteiger partial charge < -0.3 is 0 Å². The van der Waals surface area contributed by atoms with Crippen molar-refractivity contribution < 1.29 is 0 Å². The third-order valence-corrected chi connectivity index (χ3v) is 12.1. The highest BCUT2D eigenvalue weighted by atomic mass is 14.9. The predicted octanol–water partition coefficient (Wildman–Crippen LogP) is 14.8. The molecular weight excluding hydrogens is 753 g/mol. The second-order valence-corrected chi connectivity index (χ2v) is 16.0. The quantitative estimate of drug-likeness (QED) is 0.154. The van der Waals surface area contributed by atoms with Gasteiger partial charge in [0.2, 0.25) is 0 Å². The van der Waals surface area contributed by atoms with Gasteiger partial charge in [-0.2, -0.15) is 0 Å². The molecule has 2 aromatic heterocycles. The molecule has 0 amide bonds. The van der Waals surface area contributed by atoms with Crippen molar-refractivity contribution in [2.75, 3.05) is 0 Å². The van der Waals surface area contributed by atoms with Crippen LogP contribution in [-0.2, 0) is 6.42 Å². The molecule has 9 aromatic rings. The largest absolute Gasteiger partial charge is 0.250 e. The molecule has 1 aliphatic carbocycles. The number of rotatable bonds is 8. The van der Waals surface area contributed by atoms with Crippen molar-refractivity contribution >= 4 is 27.9 Å². The minimum Gasteiger partial charge on any atom is -0.250 e. The number of fused-ring (bicyclic) bond motifs is 3. The Bertz CT molecular complexity index is 3180. The van der Waals surface area contributed by atoms with Crippen molar-refractivity contribution in [2.45, 2.75) is 25.7 Å². The lowest BCUT2D eigenvalue weighted by molar-refractivity contribution is 1.01. The Labute approximate surface area is 362 Å². The second kappa shape index (κ2) is 16.3. The predicted molar refractivity (Wildman–Crippen MR) is 257 cm³/mol. The number of aliphatic imine (C=N–C) groups is 1. The number of pyridine rings is 1. The van der Waals surface area contributed by atoms with Gasteiger partial charge in [0.25, 0.3) is 0 Å². The maximum Gasteiger partial charge on any atom is 0.156 e. The molecule has 11 rings (SSSR count). The van der Waals surface area contributed by atoms with E-state index in [0.717, 1.165) is 115 Å². The topological polar surface area (TPSA) is 51.0 Å². The van der Waals surface area contributed by atoms with Crippen LogP contribution in [0.3, 0.4) is 0 Å². The molecule has 0 spiro atoms. The van der Waals surface area contributed by atoms with E-state index >= 15 is 0 Å². The van der Waals surface area contributed by atoms with E-state index in [1.165, 1.54) is 22.3 Å². The van der Waals surface area contributed by atoms with E-state index in [0.29, 0.717) is 0 Å². The molecule has 0 fully saturated rings. The summed E-state index contributed by atoms with van der Waals surface area (Å²) in [5, 5.41) is 1.11. The SMILES string of the molecule is C1=CCCC(c2nc(-c3ccc(-c4ccccc4)cc3)cc(-c3ccc(-c4cccc(-c5cc(-c6ccccc6)c6ccc7c(c6n5)N=C(c5ccccc5)CC7)c4)cc3)n2)=C1. The van der Waals surface area contributed by atoms with Gasteiger partial charge in [-0.25, -0.2) is 15.0 Å². The molecule has 1 aliphatic heterocycles. The number of allylic oxidation sites excluding steroid dienone is 4. The molecule has 4 nitrogen and oxygen atoms in total. The monoisotopic (exact) mass is 794 g/mol. The fourth-order valence-electron chi connectivity index (χ4n) is 8.76. The second-order valence-electron chi connectivity index (χ2n) is 16.0. The Morgan fingerprint density at radius 1 is 0.387 bits per heavy atom. The van der Waals surface area contributed by atoms with Crippen molar-refractivity contribution in [2.24, 2.45) is 4.99 Å². The van der Waals surface area contributed by atoms with Crippen LogP contribution in [0.5, 0.6) is 0 Å². The third-order valence-electron chi connectivity index (χ3n) is 12.1. The standard InChI is InChI=1S/C58H42N4/c1-5-14-39(15-6-1)40-24-28-44(29-25-40)54-38-55(62-58(61-54)47-20-11-4-12-21-47)45-30-26-41(27-31-45)48-22-13-23-49(36-48)53-37-51(42-16-7-2-8-17-42)50-34-32-46-33-35-52(43-18-9-3-10-19-43)59-56(46)57(50)60-53/h1-11,13-20,22-32,34,36-38H,12,21,33,35H2. The molecule has 294 valence electrons. The molecule has 0 atom stereocenters. The first-order valence-electron chi connectivity index (χ1n) is 21.5. The van der Waals surface area contributed by atoms with Crippen LogP contribution in [-0.4, -0.2) is 20.7 Å². The van der Waals surface area contributed by atoms with Crippen molar-refractivity contribution in [3.63, 3.8) is 0 Å². The zero-order valence-corrected chi connectivity index (χ0v) is 34.2. The maximum absolute atomic E-state index is 5.43. The van der Waals surface area contributed by atoms with Crippen LogP contribution >= 0.6 is 0 Å². The molecule has 62 heavy (non-hydrogen) atoms. The zero-order chi connectivity index (χ0) is 41.2. The molecule has 7 aromatic carbocycles. The summed E-state index contributed by atoms with van der Waals surface area (Å²) in [4.78, 5) is 21.0. The van der Waals surface area contributed by atoms with Crippen LogP contribution in [0.1, 0.15) is 36.2 Å². The van der Waals surface area contributed by atoms with Crippen LogP contribution in [0.25, 0.3) is 83.6 Å². The number of nitrogens with zero attached hydrogens (tertiary/aromatic N) is 4. The van der Waals surface area contributed by atoms with E-state index in [2.05, 4.69) is 200 Å². The van der Waals surface area contributed by atoms with Gasteiger partial charge in [-0.1, -0.05) is 188 Å². The van der Waals surface area contributed by atoms with Crippen LogP contribution < -0.4 is 0 Å². The lowest BCUT2D eigenvalue weighted by Gasteiger charge is -2.19. The van der Waals surface area contributed by atoms with Crippen LogP contribution in [0.2, 0.25) is 0 Å². The molecule has 0 bridgehead atoms. The first kappa shape index (κ1) is 37.2. The average molecular weight is 795 g/mol. The van der Waals surface area contributed by atoms with Crippen LogP contribution in [0.15, 0.2) is 211 Å². The summed E-state index contributed by atoms with van der Waals surface area (Å²) in [6, 6.07) is 66.7. The van der Waals surface area contributed by atoms with E-state index in [9.17, 15) is 0 Å². The van der Waals surface area contributed by atoms with Gasteiger partial charge in [0.1, 0.15) is 0 Å². The fraction of sp³-hybridized carbons (Fsp3) is 0.0690. The molecule has 0 N–H and O–H groups in total. The summed E-state index contributed by atoms with van der Waals surface area (Å²) in [6.45, 7) is 0. The summed E-state index contributed by atoms with van der Waals surface area (Å²) < 4.78 is 0. The lowest BCUT2D eigenvalue weighted by Crippen LogP contribution is -2.08. The number of hydrogen-bond acceptors (Lipinski definition) is 4. The van der Waals surface area contributed by atoms with E-state index in [1.54, 1.807) is 0 Å². The van der Waals surface area contributed by atoms with Gasteiger partial charge in [0.05, 0.1) is 28.3 Å². The summed E-state index contributed by atoms with van der Waals surface area (Å²) in [7, 11) is 0. The maximum atomic E-state index is 5.43. The molecule has 3 heterocycles. The Morgan fingerprint density at radius 2 is 0.952 bits per heavy atom. The molecule has 0 unspecified atom stereocenters. The van der Waals surface area contributed by atoms with Gasteiger partial charge >= 0.3 is 0 Å². The smallest absolute Gasteiger partial charge is 0.156 e. The highest BCUT2D eigenvalue weighted by Gasteiger charge is 2.20. The summed E-state index contributed by atoms with van der Waals surface area (Å²) in [5.74, 6) is 0.784. The van der Waals surface area contributed by atoms with Crippen LogP contribution in [0, 0.1) is 0 Å². The molecule has 0 saturated carbocycles. The van der Waals surface area contributed by atoms with Gasteiger partial charge in [0, 0.05) is 27.8 Å². The van der Waals surface area contributed by atoms with E-state index in [1.807, 2.05) is 6.07 Å². The third kappa shape index (κ3) is 7.37. The van der Waals surface area contributed by atoms with E-state index < -0.39 is 0 Å². The summed E-state index contributed by atoms with van der Waals surface area (Å²) in [6.07, 6.45) is 10.2. The lowest BCUT2D eigenvalue weighted by atomic mass is 9.92. The average Bonchev–Trinajstić information content (AvgIpc) is 3.37. The normalized spacial score (nSPS) is 13.4. The van der Waals surface area contributed by atoms with Gasteiger partial charge in [-0.3, -0.25) is 4.99 Å². The number of aromatic nitrogens is 3. The van der Waals surface area contributed by atoms with Gasteiger partial charge in [-0.05, 0) is 94.0 Å². The highest BCUT2D eigenvalue weighted by molar-refractivity contribution is 6.09. The van der Waals surface area contributed by atoms with Crippen LogP contribution in [0.4, 0.5) is 5.69 Å². The van der Waals surface area contributed by atoms with Crippen molar-refractivity contribution in [1.29, 1.82) is 0 Å². The fourth-order valence-corrected chi connectivity index (χ4v) is 8.76. The Morgan fingerprint density at radius 3 is 1.61 bits per heavy atom. The Balaban J connectivity index is 0.960. The minimum atomic E-state index is 0.784. The molecule has 2 aliphatic rings. The zero-order valence-electron chi connectivity index (χ0n) is 34.2. The van der Waals surface area contributed by atoms with Crippen molar-refractivity contribution in [1.82, 2.24) is 15.0 Å². The van der Waals surface area contributed by atoms with E-state index in [4.69, 9.17) is 19.9 Å². The molecule has 0 saturated heterocycles. The first-order chi connectivity index (χ1) is 30.7. The minimum absolute atomic E-state index is 0.784. The number of hydrogen-bond donors (Lipinski definition) is 0. The van der Waals surface area contributed by atoms with Crippen molar-refractivity contribution in [3.05, 3.63) is 223 Å². The Hall–Kier alpha value is -7.82. The van der Waals surface area contributed by atoms with E-state index in [-0.39, 0.29) is 0 Å². The van der Waals surface area contributed by atoms with Gasteiger partial charge in [0.15, 0.2) is 5.82 Å². The number of aryl methyl sites for hydroxylation is 1. The molecule has 0 radical (unpaired) electrons. The van der Waals surface area contributed by atoms with Crippen molar-refractivity contribution in [3.8, 4) is 67.2 Å². The Kier molecular flexibility index (Phi) is 9.79. The number of benzene rings is 7. The molecule has 4 heteroatoms. The highest BCUT2D eigenvalue weighted by Crippen LogP contribution is 2.41. The first-order valence-corrected chi connectivity index (χ1v) is 21.5. The summed E-state index contributed by atoms with van der Waals surface area (Å²) >= 11 is 0. The summed E-state index contributed by atoms with van der Waals surface area (Å²) in [5.41, 5.74) is 19.5.